The minimum atomic E-state index is -0.281. The number of hydrogen-bond donors (Lipinski definition) is 1. The fourth-order valence-corrected chi connectivity index (χ4v) is 1.98. The Kier molecular flexibility index (Phi) is 3.15. The predicted molar refractivity (Wildman–Crippen MR) is 66.0 cm³/mol. The van der Waals surface area contributed by atoms with Gasteiger partial charge in [-0.1, -0.05) is 6.07 Å². The summed E-state index contributed by atoms with van der Waals surface area (Å²) in [4.78, 5) is 0. The van der Waals surface area contributed by atoms with Gasteiger partial charge in [0.1, 0.15) is 13.2 Å². The van der Waals surface area contributed by atoms with Crippen molar-refractivity contribution in [3.05, 3.63) is 17.7 Å². The zero-order valence-corrected chi connectivity index (χ0v) is 10.6. The highest BCUT2D eigenvalue weighted by Crippen LogP contribution is 2.42. The van der Waals surface area contributed by atoms with Crippen molar-refractivity contribution < 1.29 is 14.2 Å². The molecule has 0 aliphatic carbocycles. The number of rotatable bonds is 3. The van der Waals surface area contributed by atoms with Gasteiger partial charge in [-0.15, -0.1) is 0 Å². The Morgan fingerprint density at radius 2 is 2.00 bits per heavy atom. The number of fused-ring (bicyclic) bond motifs is 1. The molecule has 2 rings (SSSR count). The van der Waals surface area contributed by atoms with Crippen LogP contribution in [0.5, 0.6) is 17.2 Å². The largest absolute Gasteiger partial charge is 0.492 e. The molecule has 1 aliphatic rings. The second kappa shape index (κ2) is 4.45. The molecule has 1 aromatic carbocycles. The molecule has 4 nitrogen and oxygen atoms in total. The maximum Gasteiger partial charge on any atom is 0.203 e. The quantitative estimate of drug-likeness (QED) is 0.870. The van der Waals surface area contributed by atoms with Crippen LogP contribution in [0.15, 0.2) is 12.1 Å². The second-order valence-corrected chi connectivity index (χ2v) is 4.95. The number of hydrogen-bond acceptors (Lipinski definition) is 4. The van der Waals surface area contributed by atoms with Gasteiger partial charge in [-0.3, -0.25) is 0 Å². The molecule has 94 valence electrons. The van der Waals surface area contributed by atoms with Crippen molar-refractivity contribution >= 4 is 0 Å². The predicted octanol–water partition coefficient (Wildman–Crippen LogP) is 1.75. The van der Waals surface area contributed by atoms with Crippen LogP contribution < -0.4 is 19.9 Å². The highest BCUT2D eigenvalue weighted by Gasteiger charge is 2.23. The minimum absolute atomic E-state index is 0.281. The lowest BCUT2D eigenvalue weighted by Gasteiger charge is -2.25. The molecule has 0 fully saturated rings. The smallest absolute Gasteiger partial charge is 0.203 e. The molecule has 0 aromatic heterocycles. The topological polar surface area (TPSA) is 53.7 Å². The molecule has 0 atom stereocenters. The Hall–Kier alpha value is -1.42. The van der Waals surface area contributed by atoms with E-state index in [1.165, 1.54) is 0 Å². The molecule has 0 bridgehead atoms. The summed E-state index contributed by atoms with van der Waals surface area (Å²) in [5.74, 6) is 2.17. The van der Waals surface area contributed by atoms with Crippen LogP contribution in [0.4, 0.5) is 0 Å². The van der Waals surface area contributed by atoms with E-state index in [4.69, 9.17) is 19.9 Å². The lowest BCUT2D eigenvalue weighted by atomic mass is 9.95. The van der Waals surface area contributed by atoms with Crippen LogP contribution in [0.2, 0.25) is 0 Å². The lowest BCUT2D eigenvalue weighted by Crippen LogP contribution is -2.34. The molecule has 0 saturated heterocycles. The Morgan fingerprint density at radius 3 is 2.65 bits per heavy atom. The summed E-state index contributed by atoms with van der Waals surface area (Å²) in [6.45, 7) is 5.11. The highest BCUT2D eigenvalue weighted by molar-refractivity contribution is 5.56. The van der Waals surface area contributed by atoms with E-state index in [-0.39, 0.29) is 5.54 Å². The van der Waals surface area contributed by atoms with Gasteiger partial charge in [-0.2, -0.15) is 0 Å². The second-order valence-electron chi connectivity index (χ2n) is 4.95. The standard InChI is InChI=1S/C13H19NO3/c1-13(2,14)8-9-4-5-10-12(11(9)15-3)17-7-6-16-10/h4-5H,6-8,14H2,1-3H3. The van der Waals surface area contributed by atoms with E-state index in [2.05, 4.69) is 0 Å². The molecule has 0 amide bonds. The number of methoxy groups -OCH3 is 1. The number of ether oxygens (including phenoxy) is 3. The molecule has 17 heavy (non-hydrogen) atoms. The summed E-state index contributed by atoms with van der Waals surface area (Å²) in [7, 11) is 1.64. The number of nitrogens with two attached hydrogens (primary N) is 1. The maximum absolute atomic E-state index is 6.04. The first-order chi connectivity index (χ1) is 8.01. The number of benzene rings is 1. The monoisotopic (exact) mass is 237 g/mol. The summed E-state index contributed by atoms with van der Waals surface area (Å²) < 4.78 is 16.6. The van der Waals surface area contributed by atoms with Gasteiger partial charge in [0, 0.05) is 11.1 Å². The summed E-state index contributed by atoms with van der Waals surface area (Å²) in [5.41, 5.74) is 6.80. The lowest BCUT2D eigenvalue weighted by molar-refractivity contribution is 0.164. The van der Waals surface area contributed by atoms with E-state index in [1.54, 1.807) is 7.11 Å². The van der Waals surface area contributed by atoms with Gasteiger partial charge in [0.2, 0.25) is 5.75 Å². The van der Waals surface area contributed by atoms with E-state index in [9.17, 15) is 0 Å². The van der Waals surface area contributed by atoms with Gasteiger partial charge >= 0.3 is 0 Å². The van der Waals surface area contributed by atoms with Crippen LogP contribution in [0.25, 0.3) is 0 Å². The first-order valence-electron chi connectivity index (χ1n) is 5.75. The fourth-order valence-electron chi connectivity index (χ4n) is 1.98. The van der Waals surface area contributed by atoms with Crippen molar-refractivity contribution in [1.82, 2.24) is 0 Å². The van der Waals surface area contributed by atoms with Gasteiger partial charge in [0.15, 0.2) is 11.5 Å². The van der Waals surface area contributed by atoms with Crippen LogP contribution in [0, 0.1) is 0 Å². The van der Waals surface area contributed by atoms with Crippen molar-refractivity contribution in [2.45, 2.75) is 25.8 Å². The molecule has 0 unspecified atom stereocenters. The highest BCUT2D eigenvalue weighted by atomic mass is 16.6. The van der Waals surface area contributed by atoms with Crippen molar-refractivity contribution in [3.8, 4) is 17.2 Å². The van der Waals surface area contributed by atoms with E-state index in [0.29, 0.717) is 19.0 Å². The van der Waals surface area contributed by atoms with E-state index >= 15 is 0 Å². The van der Waals surface area contributed by atoms with Crippen molar-refractivity contribution in [1.29, 1.82) is 0 Å². The van der Waals surface area contributed by atoms with Gasteiger partial charge in [-0.05, 0) is 26.3 Å². The van der Waals surface area contributed by atoms with Crippen molar-refractivity contribution in [2.75, 3.05) is 20.3 Å². The van der Waals surface area contributed by atoms with Crippen molar-refractivity contribution in [3.63, 3.8) is 0 Å². The average molecular weight is 237 g/mol. The molecule has 0 saturated carbocycles. The molecule has 1 aliphatic heterocycles. The Balaban J connectivity index is 2.40. The van der Waals surface area contributed by atoms with Crippen LogP contribution in [-0.2, 0) is 6.42 Å². The zero-order chi connectivity index (χ0) is 12.5. The van der Waals surface area contributed by atoms with Crippen molar-refractivity contribution in [2.24, 2.45) is 5.73 Å². The summed E-state index contributed by atoms with van der Waals surface area (Å²) in [6.07, 6.45) is 0.729. The summed E-state index contributed by atoms with van der Waals surface area (Å²) in [6, 6.07) is 3.90. The molecule has 0 spiro atoms. The molecule has 1 aromatic rings. The van der Waals surface area contributed by atoms with E-state index in [0.717, 1.165) is 23.5 Å². The molecular weight excluding hydrogens is 218 g/mol. The van der Waals surface area contributed by atoms with Gasteiger partial charge in [0.25, 0.3) is 0 Å². The average Bonchev–Trinajstić information content (AvgIpc) is 2.27. The maximum atomic E-state index is 6.04. The van der Waals surface area contributed by atoms with Crippen LogP contribution in [0.1, 0.15) is 19.4 Å². The first-order valence-corrected chi connectivity index (χ1v) is 5.75. The Bertz CT molecular complexity index is 410. The third kappa shape index (κ3) is 2.64. The molecule has 1 heterocycles. The minimum Gasteiger partial charge on any atom is -0.492 e. The Morgan fingerprint density at radius 1 is 1.29 bits per heavy atom. The van der Waals surface area contributed by atoms with Gasteiger partial charge < -0.3 is 19.9 Å². The normalized spacial score (nSPS) is 14.6. The van der Waals surface area contributed by atoms with E-state index < -0.39 is 0 Å². The molecular formula is C13H19NO3. The summed E-state index contributed by atoms with van der Waals surface area (Å²) in [5, 5.41) is 0. The van der Waals surface area contributed by atoms with Gasteiger partial charge in [0.05, 0.1) is 7.11 Å². The van der Waals surface area contributed by atoms with E-state index in [1.807, 2.05) is 26.0 Å². The first kappa shape index (κ1) is 12.0. The summed E-state index contributed by atoms with van der Waals surface area (Å²) >= 11 is 0. The third-order valence-electron chi connectivity index (χ3n) is 2.60. The van der Waals surface area contributed by atoms with Gasteiger partial charge in [-0.25, -0.2) is 0 Å². The van der Waals surface area contributed by atoms with Crippen LogP contribution >= 0.6 is 0 Å². The zero-order valence-electron chi connectivity index (χ0n) is 10.6. The van der Waals surface area contributed by atoms with Crippen LogP contribution in [-0.4, -0.2) is 25.9 Å². The SMILES string of the molecule is COc1c(CC(C)(C)N)ccc2c1OCCO2. The molecule has 4 heteroatoms. The molecule has 2 N–H and O–H groups in total. The Labute approximate surface area is 102 Å². The van der Waals surface area contributed by atoms with Crippen LogP contribution in [0.3, 0.4) is 0 Å². The fraction of sp³-hybridized carbons (Fsp3) is 0.538. The molecule has 0 radical (unpaired) electrons. The third-order valence-corrected chi connectivity index (χ3v) is 2.60.